The van der Waals surface area contributed by atoms with Crippen molar-refractivity contribution < 1.29 is 0 Å². The second-order valence-electron chi connectivity index (χ2n) is 2.16. The lowest BCUT2D eigenvalue weighted by atomic mass is 10.2. The summed E-state index contributed by atoms with van der Waals surface area (Å²) in [6.07, 6.45) is 0. The fourth-order valence-corrected chi connectivity index (χ4v) is 1.08. The second-order valence-corrected chi connectivity index (χ2v) is 2.80. The van der Waals surface area contributed by atoms with Gasteiger partial charge in [-0.2, -0.15) is 0 Å². The minimum atomic E-state index is 0.546. The van der Waals surface area contributed by atoms with Gasteiger partial charge >= 0.3 is 0 Å². The van der Waals surface area contributed by atoms with Gasteiger partial charge in [-0.15, -0.1) is 0 Å². The molecular weight excluding hydrogens is 190 g/mol. The van der Waals surface area contributed by atoms with Gasteiger partial charge in [0.05, 0.1) is 6.54 Å². The van der Waals surface area contributed by atoms with Crippen LogP contribution in [-0.4, -0.2) is 10.9 Å². The molecule has 0 saturated heterocycles. The molecule has 0 fully saturated rings. The van der Waals surface area contributed by atoms with Crippen LogP contribution in [0.15, 0.2) is 29.3 Å². The Morgan fingerprint density at radius 2 is 2.33 bits per heavy atom. The first-order valence-corrected chi connectivity index (χ1v) is 4.14. The molecule has 0 amide bonds. The Morgan fingerprint density at radius 1 is 1.50 bits per heavy atom. The van der Waals surface area contributed by atoms with E-state index in [2.05, 4.69) is 28.1 Å². The molecule has 1 rings (SSSR count). The summed E-state index contributed by atoms with van der Waals surface area (Å²) < 4.78 is 0. The summed E-state index contributed by atoms with van der Waals surface area (Å²) >= 11 is 10.2. The molecule has 0 aliphatic heterocycles. The normalized spacial score (nSPS) is 8.42. The van der Waals surface area contributed by atoms with E-state index >= 15 is 0 Å². The van der Waals surface area contributed by atoms with Gasteiger partial charge in [0.25, 0.3) is 0 Å². The molecule has 0 bridgehead atoms. The van der Waals surface area contributed by atoms with Crippen molar-refractivity contribution in [3.63, 3.8) is 0 Å². The highest BCUT2D eigenvalue weighted by Crippen LogP contribution is 2.10. The van der Waals surface area contributed by atoms with E-state index in [9.17, 15) is 0 Å². The summed E-state index contributed by atoms with van der Waals surface area (Å²) in [5.41, 5.74) is 1.04. The van der Waals surface area contributed by atoms with Gasteiger partial charge in [-0.25, -0.2) is 4.99 Å². The number of thiocarbonyl (C=S) groups is 1. The Bertz CT molecular complexity index is 349. The van der Waals surface area contributed by atoms with Crippen molar-refractivity contribution in [1.82, 2.24) is 0 Å². The monoisotopic (exact) mass is 195 g/mol. The van der Waals surface area contributed by atoms with Crippen molar-refractivity contribution in [2.75, 3.05) is 0 Å². The summed E-state index contributed by atoms with van der Waals surface area (Å²) in [5.74, 6) is 2.46. The summed E-state index contributed by atoms with van der Waals surface area (Å²) in [4.78, 5) is 3.88. The van der Waals surface area contributed by atoms with Crippen LogP contribution in [-0.2, 0) is 6.54 Å². The Balaban J connectivity index is 2.76. The van der Waals surface area contributed by atoms with Crippen LogP contribution in [0.25, 0.3) is 0 Å². The second kappa shape index (κ2) is 4.87. The molecule has 0 aromatic heterocycles. The highest BCUT2D eigenvalue weighted by molar-refractivity contribution is 7.78. The Morgan fingerprint density at radius 3 is 3.00 bits per heavy atom. The molecule has 0 aliphatic carbocycles. The molecule has 12 heavy (non-hydrogen) atoms. The quantitative estimate of drug-likeness (QED) is 0.522. The van der Waals surface area contributed by atoms with Crippen LogP contribution in [0.1, 0.15) is 5.56 Å². The lowest BCUT2D eigenvalue weighted by Gasteiger charge is -1.94. The third-order valence-electron chi connectivity index (χ3n) is 1.28. The van der Waals surface area contributed by atoms with Crippen molar-refractivity contribution in [3.05, 3.63) is 34.9 Å². The van der Waals surface area contributed by atoms with Gasteiger partial charge in [0.1, 0.15) is 0 Å². The van der Waals surface area contributed by atoms with E-state index in [1.807, 2.05) is 24.3 Å². The van der Waals surface area contributed by atoms with Crippen molar-refractivity contribution in [3.8, 4) is 0 Å². The maximum atomic E-state index is 5.76. The van der Waals surface area contributed by atoms with Gasteiger partial charge in [0, 0.05) is 15.9 Å². The summed E-state index contributed by atoms with van der Waals surface area (Å²) in [6, 6.07) is 7.51. The average molecular weight is 196 g/mol. The third kappa shape index (κ3) is 3.00. The lowest BCUT2D eigenvalue weighted by molar-refractivity contribution is 1.08. The smallest absolute Gasteiger partial charge is 0.0742 e. The van der Waals surface area contributed by atoms with Crippen LogP contribution in [0.3, 0.4) is 0 Å². The molecule has 1 nitrogen and oxygen atoms in total. The average Bonchev–Trinajstić information content (AvgIpc) is 2.05. The summed E-state index contributed by atoms with van der Waals surface area (Å²) in [7, 11) is 0. The maximum absolute atomic E-state index is 5.76. The molecule has 60 valence electrons. The van der Waals surface area contributed by atoms with Gasteiger partial charge < -0.3 is 0 Å². The van der Waals surface area contributed by atoms with Crippen LogP contribution < -0.4 is 0 Å². The number of halogens is 1. The van der Waals surface area contributed by atoms with Crippen LogP contribution in [0.5, 0.6) is 0 Å². The van der Waals surface area contributed by atoms with E-state index < -0.39 is 0 Å². The Hall–Kier alpha value is -0.910. The topological polar surface area (TPSA) is 12.4 Å². The molecule has 0 unspecified atom stereocenters. The van der Waals surface area contributed by atoms with Gasteiger partial charge in [0.2, 0.25) is 0 Å². The SMILES string of the molecule is S=C=C=NCc1cccc(Cl)c1. The standard InChI is InChI=1S/C9H6ClNS/c10-9-3-1-2-8(6-9)7-11-4-5-12/h1-3,6H,7H2. The minimum absolute atomic E-state index is 0.546. The molecule has 0 N–H and O–H groups in total. The molecule has 0 heterocycles. The number of rotatable bonds is 2. The van der Waals surface area contributed by atoms with E-state index in [1.165, 1.54) is 0 Å². The first-order valence-electron chi connectivity index (χ1n) is 3.36. The molecule has 0 aliphatic rings. The molecule has 1 aromatic carbocycles. The summed E-state index contributed by atoms with van der Waals surface area (Å²) in [5, 5.41) is 3.00. The van der Waals surface area contributed by atoms with Crippen molar-refractivity contribution in [1.29, 1.82) is 0 Å². The Labute approximate surface area is 81.4 Å². The summed E-state index contributed by atoms with van der Waals surface area (Å²) in [6.45, 7) is 0.546. The molecule has 0 atom stereocenters. The molecule has 0 spiro atoms. The van der Waals surface area contributed by atoms with Gasteiger partial charge in [0.15, 0.2) is 0 Å². The molecule has 3 heteroatoms. The van der Waals surface area contributed by atoms with E-state index in [1.54, 1.807) is 0 Å². The zero-order chi connectivity index (χ0) is 8.81. The predicted octanol–water partition coefficient (Wildman–Crippen LogP) is 2.66. The van der Waals surface area contributed by atoms with Crippen molar-refractivity contribution in [2.24, 2.45) is 4.99 Å². The number of benzene rings is 1. The number of aliphatic imine (C=N–C) groups is 1. The maximum Gasteiger partial charge on any atom is 0.0742 e. The van der Waals surface area contributed by atoms with Crippen molar-refractivity contribution in [2.45, 2.75) is 6.54 Å². The number of hydrogen-bond donors (Lipinski definition) is 0. The number of nitrogens with zero attached hydrogens (tertiary/aromatic N) is 1. The minimum Gasteiger partial charge on any atom is -0.230 e. The van der Waals surface area contributed by atoms with Crippen LogP contribution in [0, 0.1) is 0 Å². The molecule has 0 radical (unpaired) electrons. The fraction of sp³-hybridized carbons (Fsp3) is 0.111. The van der Waals surface area contributed by atoms with E-state index in [0.29, 0.717) is 11.6 Å². The van der Waals surface area contributed by atoms with Crippen LogP contribution in [0.4, 0.5) is 0 Å². The zero-order valence-corrected chi connectivity index (χ0v) is 7.82. The van der Waals surface area contributed by atoms with E-state index in [4.69, 9.17) is 11.6 Å². The predicted molar refractivity (Wildman–Crippen MR) is 55.2 cm³/mol. The third-order valence-corrected chi connectivity index (χ3v) is 1.60. The van der Waals surface area contributed by atoms with Crippen LogP contribution >= 0.6 is 23.8 Å². The van der Waals surface area contributed by atoms with E-state index in [0.717, 1.165) is 5.56 Å². The first-order chi connectivity index (χ1) is 5.83. The van der Waals surface area contributed by atoms with Gasteiger partial charge in [-0.3, -0.25) is 0 Å². The largest absolute Gasteiger partial charge is 0.230 e. The molecule has 0 saturated carbocycles. The highest BCUT2D eigenvalue weighted by Gasteiger charge is 1.90. The highest BCUT2D eigenvalue weighted by atomic mass is 35.5. The van der Waals surface area contributed by atoms with Gasteiger partial charge in [-0.05, 0) is 29.9 Å². The lowest BCUT2D eigenvalue weighted by Crippen LogP contribution is -1.79. The fourth-order valence-electron chi connectivity index (χ4n) is 0.798. The zero-order valence-electron chi connectivity index (χ0n) is 6.25. The first kappa shape index (κ1) is 9.18. The molecule has 1 aromatic rings. The van der Waals surface area contributed by atoms with Crippen molar-refractivity contribution >= 4 is 34.7 Å². The molecular formula is C9H6ClNS. The van der Waals surface area contributed by atoms with E-state index in [-0.39, 0.29) is 0 Å². The number of hydrogen-bond acceptors (Lipinski definition) is 2. The Kier molecular flexibility index (Phi) is 3.72. The van der Waals surface area contributed by atoms with Gasteiger partial charge in [-0.1, -0.05) is 23.7 Å². The van der Waals surface area contributed by atoms with Crippen LogP contribution in [0.2, 0.25) is 5.02 Å².